The molecule has 0 aromatic heterocycles. The van der Waals surface area contributed by atoms with E-state index in [4.69, 9.17) is 11.6 Å². The van der Waals surface area contributed by atoms with Gasteiger partial charge in [-0.2, -0.15) is 0 Å². The Bertz CT molecular complexity index is 1420. The Morgan fingerprint density at radius 2 is 1.62 bits per heavy atom. The van der Waals surface area contributed by atoms with Gasteiger partial charge in [0.25, 0.3) is 10.0 Å². The zero-order chi connectivity index (χ0) is 29.4. The number of rotatable bonds is 12. The highest BCUT2D eigenvalue weighted by Gasteiger charge is 2.34. The van der Waals surface area contributed by atoms with Crippen LogP contribution in [0.5, 0.6) is 0 Å². The molecule has 0 aliphatic rings. The number of hydrogen-bond donors (Lipinski definition) is 1. The van der Waals surface area contributed by atoms with Crippen LogP contribution in [0, 0.1) is 12.7 Å². The van der Waals surface area contributed by atoms with E-state index in [2.05, 4.69) is 5.32 Å². The van der Waals surface area contributed by atoms with Gasteiger partial charge < -0.3 is 10.2 Å². The average molecular weight is 588 g/mol. The van der Waals surface area contributed by atoms with Crippen molar-refractivity contribution in [3.63, 3.8) is 0 Å². The highest BCUT2D eigenvalue weighted by Crippen LogP contribution is 2.26. The van der Waals surface area contributed by atoms with Crippen LogP contribution >= 0.6 is 11.6 Å². The maximum absolute atomic E-state index is 14.0. The highest BCUT2D eigenvalue weighted by molar-refractivity contribution is 7.92. The first kappa shape index (κ1) is 31.1. The van der Waals surface area contributed by atoms with Crippen LogP contribution in [0.2, 0.25) is 5.02 Å². The lowest BCUT2D eigenvalue weighted by atomic mass is 10.1. The van der Waals surface area contributed by atoms with Gasteiger partial charge in [0.15, 0.2) is 0 Å². The molecule has 3 aromatic carbocycles. The summed E-state index contributed by atoms with van der Waals surface area (Å²) < 4.78 is 42.4. The van der Waals surface area contributed by atoms with Crippen LogP contribution in [0.3, 0.4) is 0 Å². The van der Waals surface area contributed by atoms with Gasteiger partial charge in [0.05, 0.1) is 10.6 Å². The first-order valence-corrected chi connectivity index (χ1v) is 15.0. The largest absolute Gasteiger partial charge is 0.352 e. The van der Waals surface area contributed by atoms with Crippen molar-refractivity contribution >= 4 is 39.1 Å². The van der Waals surface area contributed by atoms with Gasteiger partial charge in [-0.25, -0.2) is 12.8 Å². The number of anilines is 1. The molecular weight excluding hydrogens is 553 g/mol. The van der Waals surface area contributed by atoms with Crippen LogP contribution in [-0.4, -0.2) is 43.8 Å². The van der Waals surface area contributed by atoms with Gasteiger partial charge in [-0.3, -0.25) is 13.9 Å². The van der Waals surface area contributed by atoms with Crippen molar-refractivity contribution < 1.29 is 22.4 Å². The van der Waals surface area contributed by atoms with Crippen molar-refractivity contribution in [2.75, 3.05) is 10.8 Å². The topological polar surface area (TPSA) is 86.8 Å². The van der Waals surface area contributed by atoms with Crippen LogP contribution in [0.15, 0.2) is 77.7 Å². The van der Waals surface area contributed by atoms with Gasteiger partial charge >= 0.3 is 0 Å². The number of nitrogens with zero attached hydrogens (tertiary/aromatic N) is 2. The lowest BCUT2D eigenvalue weighted by Crippen LogP contribution is -2.53. The van der Waals surface area contributed by atoms with Crippen molar-refractivity contribution in [1.82, 2.24) is 10.2 Å². The fourth-order valence-electron chi connectivity index (χ4n) is 4.19. The number of nitrogens with one attached hydrogen (secondary N) is 1. The van der Waals surface area contributed by atoms with E-state index in [0.717, 1.165) is 9.87 Å². The molecular formula is C30H35ClFN3O4S. The van der Waals surface area contributed by atoms with E-state index in [1.165, 1.54) is 53.4 Å². The van der Waals surface area contributed by atoms with Crippen LogP contribution < -0.4 is 9.62 Å². The lowest BCUT2D eigenvalue weighted by molar-refractivity contribution is -0.140. The van der Waals surface area contributed by atoms with Gasteiger partial charge in [0.2, 0.25) is 11.8 Å². The minimum atomic E-state index is -4.19. The van der Waals surface area contributed by atoms with Gasteiger partial charge in [-0.1, -0.05) is 49.7 Å². The number of carbonyl (C=O) groups excluding carboxylic acids is 2. The standard InChI is InChI=1S/C30H35ClFN3O4S/c1-5-22(4)33-30(37)28(6-2)34(19-23-10-14-25(32)15-11-23)29(36)20-35(26-9-7-8-21(3)18-26)40(38,39)27-16-12-24(31)13-17-27/h7-18,22,28H,5-6,19-20H2,1-4H3,(H,33,37)/t22-,28-/m0/s1. The van der Waals surface area contributed by atoms with Crippen LogP contribution in [0.4, 0.5) is 10.1 Å². The summed E-state index contributed by atoms with van der Waals surface area (Å²) in [6.07, 6.45) is 0.998. The van der Waals surface area contributed by atoms with Gasteiger partial charge in [0.1, 0.15) is 18.4 Å². The molecule has 3 rings (SSSR count). The van der Waals surface area contributed by atoms with E-state index in [9.17, 15) is 22.4 Å². The summed E-state index contributed by atoms with van der Waals surface area (Å²) in [6.45, 7) is 6.86. The fourth-order valence-corrected chi connectivity index (χ4v) is 5.72. The molecule has 214 valence electrons. The van der Waals surface area contributed by atoms with E-state index in [1.807, 2.05) is 26.8 Å². The number of amides is 2. The molecule has 0 fully saturated rings. The first-order valence-electron chi connectivity index (χ1n) is 13.2. The Kier molecular flexibility index (Phi) is 10.7. The molecule has 0 saturated carbocycles. The van der Waals surface area contributed by atoms with Crippen molar-refractivity contribution in [2.24, 2.45) is 0 Å². The maximum Gasteiger partial charge on any atom is 0.264 e. The van der Waals surface area contributed by atoms with Crippen molar-refractivity contribution in [2.45, 2.75) is 64.1 Å². The Balaban J connectivity index is 2.05. The summed E-state index contributed by atoms with van der Waals surface area (Å²) in [5, 5.41) is 3.30. The summed E-state index contributed by atoms with van der Waals surface area (Å²) in [5.74, 6) is -1.34. The summed E-state index contributed by atoms with van der Waals surface area (Å²) in [4.78, 5) is 28.6. The number of sulfonamides is 1. The van der Waals surface area contributed by atoms with Crippen LogP contribution in [0.25, 0.3) is 0 Å². The molecule has 7 nitrogen and oxygen atoms in total. The molecule has 0 aliphatic carbocycles. The minimum absolute atomic E-state index is 0.00576. The summed E-state index contributed by atoms with van der Waals surface area (Å²) >= 11 is 5.99. The van der Waals surface area contributed by atoms with E-state index in [-0.39, 0.29) is 23.4 Å². The second-order valence-corrected chi connectivity index (χ2v) is 12.0. The number of aryl methyl sites for hydroxylation is 1. The highest BCUT2D eigenvalue weighted by atomic mass is 35.5. The van der Waals surface area contributed by atoms with Gasteiger partial charge in [0, 0.05) is 17.6 Å². The number of benzene rings is 3. The molecule has 0 radical (unpaired) electrons. The van der Waals surface area contributed by atoms with E-state index in [0.29, 0.717) is 29.1 Å². The second kappa shape index (κ2) is 13.8. The number of halogens is 2. The third-order valence-corrected chi connectivity index (χ3v) is 8.66. The summed E-state index contributed by atoms with van der Waals surface area (Å²) in [6, 6.07) is 17.2. The van der Waals surface area contributed by atoms with Crippen molar-refractivity contribution in [1.29, 1.82) is 0 Å². The summed E-state index contributed by atoms with van der Waals surface area (Å²) in [7, 11) is -4.19. The Labute approximate surface area is 241 Å². The third kappa shape index (κ3) is 7.82. The van der Waals surface area contributed by atoms with Gasteiger partial charge in [-0.05, 0) is 86.3 Å². The SMILES string of the molecule is CC[C@H](C)NC(=O)[C@H](CC)N(Cc1ccc(F)cc1)C(=O)CN(c1cccc(C)c1)S(=O)(=O)c1ccc(Cl)cc1. The Hall–Kier alpha value is -3.43. The molecule has 40 heavy (non-hydrogen) atoms. The third-order valence-electron chi connectivity index (χ3n) is 6.62. The van der Waals surface area contributed by atoms with Crippen LogP contribution in [-0.2, 0) is 26.2 Å². The molecule has 0 heterocycles. The molecule has 2 atom stereocenters. The molecule has 0 bridgehead atoms. The second-order valence-electron chi connectivity index (χ2n) is 9.69. The number of hydrogen-bond acceptors (Lipinski definition) is 4. The molecule has 0 spiro atoms. The smallest absolute Gasteiger partial charge is 0.264 e. The van der Waals surface area contributed by atoms with E-state index in [1.54, 1.807) is 25.1 Å². The van der Waals surface area contributed by atoms with Crippen LogP contribution in [0.1, 0.15) is 44.7 Å². The van der Waals surface area contributed by atoms with E-state index >= 15 is 0 Å². The summed E-state index contributed by atoms with van der Waals surface area (Å²) in [5.41, 5.74) is 1.72. The lowest BCUT2D eigenvalue weighted by Gasteiger charge is -2.33. The normalized spacial score (nSPS) is 12.8. The monoisotopic (exact) mass is 587 g/mol. The molecule has 3 aromatic rings. The molecule has 1 N–H and O–H groups in total. The van der Waals surface area contributed by atoms with Crippen molar-refractivity contribution in [3.8, 4) is 0 Å². The quantitative estimate of drug-likeness (QED) is 0.294. The molecule has 0 unspecified atom stereocenters. The zero-order valence-corrected chi connectivity index (χ0v) is 24.7. The molecule has 0 saturated heterocycles. The van der Waals surface area contributed by atoms with Gasteiger partial charge in [-0.15, -0.1) is 0 Å². The average Bonchev–Trinajstić information content (AvgIpc) is 2.92. The minimum Gasteiger partial charge on any atom is -0.352 e. The predicted molar refractivity (Wildman–Crippen MR) is 156 cm³/mol. The predicted octanol–water partition coefficient (Wildman–Crippen LogP) is 5.70. The molecule has 10 heteroatoms. The number of carbonyl (C=O) groups is 2. The van der Waals surface area contributed by atoms with Crippen molar-refractivity contribution in [3.05, 3.63) is 94.8 Å². The Morgan fingerprint density at radius 3 is 2.20 bits per heavy atom. The maximum atomic E-state index is 14.0. The molecule has 2 amide bonds. The first-order chi connectivity index (χ1) is 19.0. The van der Waals surface area contributed by atoms with E-state index < -0.39 is 34.3 Å². The fraction of sp³-hybridized carbons (Fsp3) is 0.333. The zero-order valence-electron chi connectivity index (χ0n) is 23.1. The molecule has 0 aliphatic heterocycles. The Morgan fingerprint density at radius 1 is 0.975 bits per heavy atom.